The van der Waals surface area contributed by atoms with Crippen LogP contribution in [0.5, 0.6) is 0 Å². The number of anilines is 1. The molecule has 0 amide bonds. The van der Waals surface area contributed by atoms with Crippen LogP contribution in [0.4, 0.5) is 5.13 Å². The van der Waals surface area contributed by atoms with E-state index in [2.05, 4.69) is 43.3 Å². The Morgan fingerprint density at radius 3 is 2.74 bits per heavy atom. The third-order valence-electron chi connectivity index (χ3n) is 3.09. The van der Waals surface area contributed by atoms with Crippen molar-refractivity contribution in [3.63, 3.8) is 0 Å². The lowest BCUT2D eigenvalue weighted by molar-refractivity contribution is -0.00523. The second-order valence-electron chi connectivity index (χ2n) is 5.81. The smallest absolute Gasteiger partial charge is 0.185 e. The van der Waals surface area contributed by atoms with Gasteiger partial charge in [-0.05, 0) is 26.3 Å². The Bertz CT molecular complexity index is 384. The number of nitrogens with one attached hydrogen (secondary N) is 1. The molecule has 0 radical (unpaired) electrons. The minimum atomic E-state index is 0.287. The van der Waals surface area contributed by atoms with E-state index in [1.165, 1.54) is 0 Å². The summed E-state index contributed by atoms with van der Waals surface area (Å²) in [6, 6.07) is 0. The zero-order valence-corrected chi connectivity index (χ0v) is 13.2. The van der Waals surface area contributed by atoms with E-state index in [0.717, 1.165) is 37.0 Å². The van der Waals surface area contributed by atoms with Gasteiger partial charge in [0, 0.05) is 25.0 Å². The molecule has 1 aliphatic rings. The van der Waals surface area contributed by atoms with E-state index in [1.54, 1.807) is 11.3 Å². The third-order valence-corrected chi connectivity index (χ3v) is 4.04. The summed E-state index contributed by atoms with van der Waals surface area (Å²) >= 11 is 1.74. The summed E-state index contributed by atoms with van der Waals surface area (Å²) < 4.78 is 5.76. The molecule has 5 heteroatoms. The minimum absolute atomic E-state index is 0.287. The molecule has 1 aromatic heterocycles. The van der Waals surface area contributed by atoms with Gasteiger partial charge >= 0.3 is 0 Å². The van der Waals surface area contributed by atoms with Crippen molar-refractivity contribution >= 4 is 16.5 Å². The number of morpholine rings is 1. The van der Waals surface area contributed by atoms with E-state index in [1.807, 2.05) is 0 Å². The molecule has 2 heterocycles. The highest BCUT2D eigenvalue weighted by Gasteiger charge is 2.24. The first kappa shape index (κ1) is 14.8. The van der Waals surface area contributed by atoms with Gasteiger partial charge < -0.3 is 15.0 Å². The summed E-state index contributed by atoms with van der Waals surface area (Å²) in [5.74, 6) is 0.680. The molecule has 1 aliphatic heterocycles. The Morgan fingerprint density at radius 1 is 1.42 bits per heavy atom. The number of hydrogen-bond acceptors (Lipinski definition) is 5. The molecule has 2 rings (SSSR count). The predicted molar refractivity (Wildman–Crippen MR) is 80.9 cm³/mol. The van der Waals surface area contributed by atoms with Crippen molar-refractivity contribution in [2.24, 2.45) is 5.92 Å². The molecule has 0 saturated carbocycles. The number of rotatable bonds is 5. The molecule has 0 aromatic carbocycles. The van der Waals surface area contributed by atoms with Crippen molar-refractivity contribution in [2.75, 3.05) is 24.5 Å². The fourth-order valence-electron chi connectivity index (χ4n) is 2.35. The number of thiazole rings is 1. The van der Waals surface area contributed by atoms with Crippen LogP contribution in [-0.2, 0) is 11.3 Å². The van der Waals surface area contributed by atoms with Gasteiger partial charge in [-0.1, -0.05) is 13.8 Å². The standard InChI is InChI=1S/C14H25N3OS/c1-10(2)5-15-6-13-9-19-14(16-13)17-7-11(3)18-12(4)8-17/h9-12,15H,5-8H2,1-4H3. The van der Waals surface area contributed by atoms with Gasteiger partial charge in [-0.15, -0.1) is 11.3 Å². The van der Waals surface area contributed by atoms with Crippen LogP contribution in [0.15, 0.2) is 5.38 Å². The van der Waals surface area contributed by atoms with Gasteiger partial charge in [0.1, 0.15) is 0 Å². The van der Waals surface area contributed by atoms with Gasteiger partial charge in [0.2, 0.25) is 0 Å². The van der Waals surface area contributed by atoms with Crippen LogP contribution in [0.25, 0.3) is 0 Å². The molecule has 1 fully saturated rings. The molecule has 108 valence electrons. The fourth-order valence-corrected chi connectivity index (χ4v) is 3.19. The molecule has 0 bridgehead atoms. The van der Waals surface area contributed by atoms with Crippen molar-refractivity contribution < 1.29 is 4.74 Å². The van der Waals surface area contributed by atoms with E-state index in [0.29, 0.717) is 5.92 Å². The molecule has 1 aromatic rings. The molecule has 4 nitrogen and oxygen atoms in total. The zero-order valence-electron chi connectivity index (χ0n) is 12.3. The number of nitrogens with zero attached hydrogens (tertiary/aromatic N) is 2. The normalized spacial score (nSPS) is 24.2. The van der Waals surface area contributed by atoms with Crippen LogP contribution in [0.1, 0.15) is 33.4 Å². The van der Waals surface area contributed by atoms with E-state index in [-0.39, 0.29) is 12.2 Å². The maximum absolute atomic E-state index is 5.76. The third kappa shape index (κ3) is 4.44. The van der Waals surface area contributed by atoms with Crippen LogP contribution in [0, 0.1) is 5.92 Å². The summed E-state index contributed by atoms with van der Waals surface area (Å²) in [7, 11) is 0. The second kappa shape index (κ2) is 6.68. The molecular weight excluding hydrogens is 258 g/mol. The summed E-state index contributed by atoms with van der Waals surface area (Å²) in [6.07, 6.45) is 0.574. The van der Waals surface area contributed by atoms with Gasteiger partial charge in [0.25, 0.3) is 0 Å². The summed E-state index contributed by atoms with van der Waals surface area (Å²) in [6.45, 7) is 12.5. The Kier molecular flexibility index (Phi) is 5.19. The first-order valence-corrected chi connectivity index (χ1v) is 7.98. The van der Waals surface area contributed by atoms with Crippen LogP contribution in [0.3, 0.4) is 0 Å². The average Bonchev–Trinajstić information content (AvgIpc) is 2.76. The first-order chi connectivity index (χ1) is 9.04. The van der Waals surface area contributed by atoms with Crippen molar-refractivity contribution in [3.05, 3.63) is 11.1 Å². The molecule has 0 aliphatic carbocycles. The summed E-state index contributed by atoms with van der Waals surface area (Å²) in [5, 5.41) is 6.72. The Morgan fingerprint density at radius 2 is 2.11 bits per heavy atom. The largest absolute Gasteiger partial charge is 0.372 e. The maximum atomic E-state index is 5.76. The highest BCUT2D eigenvalue weighted by molar-refractivity contribution is 7.13. The van der Waals surface area contributed by atoms with Crippen molar-refractivity contribution in [3.8, 4) is 0 Å². The topological polar surface area (TPSA) is 37.4 Å². The monoisotopic (exact) mass is 283 g/mol. The lowest BCUT2D eigenvalue weighted by Crippen LogP contribution is -2.45. The Hall–Kier alpha value is -0.650. The number of hydrogen-bond donors (Lipinski definition) is 1. The average molecular weight is 283 g/mol. The molecule has 1 N–H and O–H groups in total. The lowest BCUT2D eigenvalue weighted by atomic mass is 10.2. The van der Waals surface area contributed by atoms with Crippen molar-refractivity contribution in [1.82, 2.24) is 10.3 Å². The number of aromatic nitrogens is 1. The van der Waals surface area contributed by atoms with Gasteiger partial charge in [0.05, 0.1) is 17.9 Å². The van der Waals surface area contributed by atoms with E-state index in [4.69, 9.17) is 9.72 Å². The molecule has 0 spiro atoms. The molecule has 2 unspecified atom stereocenters. The fraction of sp³-hybridized carbons (Fsp3) is 0.786. The van der Waals surface area contributed by atoms with E-state index < -0.39 is 0 Å². The van der Waals surface area contributed by atoms with Crippen LogP contribution in [-0.4, -0.2) is 36.8 Å². The Balaban J connectivity index is 1.89. The van der Waals surface area contributed by atoms with E-state index in [9.17, 15) is 0 Å². The van der Waals surface area contributed by atoms with Gasteiger partial charge in [-0.2, -0.15) is 0 Å². The first-order valence-electron chi connectivity index (χ1n) is 7.10. The van der Waals surface area contributed by atoms with Crippen molar-refractivity contribution in [1.29, 1.82) is 0 Å². The summed E-state index contributed by atoms with van der Waals surface area (Å²) in [4.78, 5) is 7.07. The lowest BCUT2D eigenvalue weighted by Gasteiger charge is -2.35. The van der Waals surface area contributed by atoms with Crippen LogP contribution >= 0.6 is 11.3 Å². The van der Waals surface area contributed by atoms with Gasteiger partial charge in [0.15, 0.2) is 5.13 Å². The number of ether oxygens (including phenoxy) is 1. The van der Waals surface area contributed by atoms with Gasteiger partial charge in [-0.25, -0.2) is 4.98 Å². The molecule has 1 saturated heterocycles. The van der Waals surface area contributed by atoms with Crippen molar-refractivity contribution in [2.45, 2.75) is 46.4 Å². The SMILES string of the molecule is CC(C)CNCc1csc(N2CC(C)OC(C)C2)n1. The Labute approximate surface area is 120 Å². The predicted octanol–water partition coefficient (Wildman–Crippen LogP) is 2.50. The van der Waals surface area contributed by atoms with Gasteiger partial charge in [-0.3, -0.25) is 0 Å². The molecule has 19 heavy (non-hydrogen) atoms. The van der Waals surface area contributed by atoms with E-state index >= 15 is 0 Å². The van der Waals surface area contributed by atoms with Crippen LogP contribution in [0.2, 0.25) is 0 Å². The second-order valence-corrected chi connectivity index (χ2v) is 6.65. The molecular formula is C14H25N3OS. The zero-order chi connectivity index (χ0) is 13.8. The highest BCUT2D eigenvalue weighted by Crippen LogP contribution is 2.24. The summed E-state index contributed by atoms with van der Waals surface area (Å²) in [5.41, 5.74) is 1.15. The minimum Gasteiger partial charge on any atom is -0.372 e. The quantitative estimate of drug-likeness (QED) is 0.901. The van der Waals surface area contributed by atoms with Crippen LogP contribution < -0.4 is 10.2 Å². The highest BCUT2D eigenvalue weighted by atomic mass is 32.1. The maximum Gasteiger partial charge on any atom is 0.185 e. The molecule has 2 atom stereocenters.